The van der Waals surface area contributed by atoms with Crippen molar-refractivity contribution in [2.24, 2.45) is 5.73 Å². The number of hydrogen-bond acceptors (Lipinski definition) is 4. The van der Waals surface area contributed by atoms with E-state index in [4.69, 9.17) is 17.3 Å². The van der Waals surface area contributed by atoms with Crippen LogP contribution >= 0.6 is 11.6 Å². The molecule has 8 heteroatoms. The van der Waals surface area contributed by atoms with Crippen molar-refractivity contribution >= 4 is 40.0 Å². The van der Waals surface area contributed by atoms with Crippen molar-refractivity contribution in [2.45, 2.75) is 13.0 Å². The number of carbonyl (C=O) groups excluding carboxylic acids is 2. The zero-order valence-electron chi connectivity index (χ0n) is 14.3. The summed E-state index contributed by atoms with van der Waals surface area (Å²) in [5.74, 6) is -0.865. The van der Waals surface area contributed by atoms with Gasteiger partial charge < -0.3 is 10.6 Å². The van der Waals surface area contributed by atoms with Crippen molar-refractivity contribution in [3.05, 3.63) is 70.2 Å². The molecule has 2 aromatic carbocycles. The Morgan fingerprint density at radius 1 is 1.15 bits per heavy atom. The van der Waals surface area contributed by atoms with Crippen LogP contribution in [0.15, 0.2) is 59.7 Å². The number of fused-ring (bicyclic) bond motifs is 1. The monoisotopic (exact) mass is 384 g/mol. The van der Waals surface area contributed by atoms with Gasteiger partial charge in [-0.3, -0.25) is 19.0 Å². The molecular formula is C19H17ClN4O3. The normalized spacial score (nSPS) is 10.7. The van der Waals surface area contributed by atoms with Crippen LogP contribution in [-0.2, 0) is 16.1 Å². The van der Waals surface area contributed by atoms with E-state index in [9.17, 15) is 14.4 Å². The molecule has 0 saturated carbocycles. The van der Waals surface area contributed by atoms with E-state index in [-0.39, 0.29) is 31.0 Å². The lowest BCUT2D eigenvalue weighted by molar-refractivity contribution is -0.119. The highest BCUT2D eigenvalue weighted by molar-refractivity contribution is 6.31. The summed E-state index contributed by atoms with van der Waals surface area (Å²) in [5, 5.41) is 0.749. The first kappa shape index (κ1) is 18.6. The van der Waals surface area contributed by atoms with Gasteiger partial charge in [0.05, 0.1) is 17.2 Å². The first-order chi connectivity index (χ1) is 13.0. The Kier molecular flexibility index (Phi) is 5.52. The molecule has 0 bridgehead atoms. The Morgan fingerprint density at radius 3 is 2.59 bits per heavy atom. The lowest BCUT2D eigenvalue weighted by Gasteiger charge is -2.22. The number of primary amides is 1. The minimum atomic E-state index is -0.511. The third-order valence-electron chi connectivity index (χ3n) is 4.04. The predicted octanol–water partition coefficient (Wildman–Crippen LogP) is 1.96. The molecule has 1 aromatic heterocycles. The zero-order chi connectivity index (χ0) is 19.4. The fourth-order valence-electron chi connectivity index (χ4n) is 2.70. The van der Waals surface area contributed by atoms with Crippen molar-refractivity contribution in [2.75, 3.05) is 11.4 Å². The maximum Gasteiger partial charge on any atom is 0.261 e. The topological polar surface area (TPSA) is 98.3 Å². The van der Waals surface area contributed by atoms with Crippen molar-refractivity contribution in [1.29, 1.82) is 0 Å². The van der Waals surface area contributed by atoms with E-state index in [1.165, 1.54) is 21.9 Å². The van der Waals surface area contributed by atoms with Gasteiger partial charge in [0, 0.05) is 23.7 Å². The highest BCUT2D eigenvalue weighted by Crippen LogP contribution is 2.16. The van der Waals surface area contributed by atoms with E-state index in [0.29, 0.717) is 21.6 Å². The number of nitrogens with zero attached hydrogens (tertiary/aromatic N) is 3. The van der Waals surface area contributed by atoms with Crippen LogP contribution in [0.2, 0.25) is 5.02 Å². The number of rotatable bonds is 6. The Hall–Kier alpha value is -3.19. The van der Waals surface area contributed by atoms with E-state index in [1.54, 1.807) is 36.4 Å². The van der Waals surface area contributed by atoms with Gasteiger partial charge in [0.15, 0.2) is 0 Å². The summed E-state index contributed by atoms with van der Waals surface area (Å²) < 4.78 is 1.22. The van der Waals surface area contributed by atoms with Crippen LogP contribution in [0.3, 0.4) is 0 Å². The summed E-state index contributed by atoms with van der Waals surface area (Å²) in [6.07, 6.45) is 1.34. The Labute approximate surface area is 160 Å². The van der Waals surface area contributed by atoms with Gasteiger partial charge in [-0.15, -0.1) is 0 Å². The van der Waals surface area contributed by atoms with Crippen molar-refractivity contribution in [3.8, 4) is 0 Å². The molecule has 0 atom stereocenters. The maximum absolute atomic E-state index is 12.8. The van der Waals surface area contributed by atoms with Crippen LogP contribution < -0.4 is 16.2 Å². The van der Waals surface area contributed by atoms with E-state index < -0.39 is 5.91 Å². The highest BCUT2D eigenvalue weighted by atomic mass is 35.5. The van der Waals surface area contributed by atoms with E-state index in [1.807, 2.05) is 6.07 Å². The molecule has 0 unspecified atom stereocenters. The zero-order valence-corrected chi connectivity index (χ0v) is 15.1. The molecule has 0 saturated heterocycles. The van der Waals surface area contributed by atoms with Gasteiger partial charge in [-0.05, 0) is 30.3 Å². The van der Waals surface area contributed by atoms with Crippen LogP contribution in [0.25, 0.3) is 10.9 Å². The summed E-state index contributed by atoms with van der Waals surface area (Å²) in [4.78, 5) is 42.3. The molecule has 2 N–H and O–H groups in total. The number of nitrogens with two attached hydrogens (primary N) is 1. The van der Waals surface area contributed by atoms with Gasteiger partial charge >= 0.3 is 0 Å². The molecule has 3 rings (SSSR count). The Bertz CT molecular complexity index is 1050. The average molecular weight is 385 g/mol. The predicted molar refractivity (Wildman–Crippen MR) is 104 cm³/mol. The van der Waals surface area contributed by atoms with Crippen LogP contribution in [-0.4, -0.2) is 27.9 Å². The second-order valence-electron chi connectivity index (χ2n) is 5.94. The molecule has 2 amide bonds. The maximum atomic E-state index is 12.8. The standard InChI is InChI=1S/C19H17ClN4O3/c20-13-6-7-16-15(10-13)19(27)23(12-22-16)11-18(26)24(9-8-17(21)25)14-4-2-1-3-5-14/h1-7,10,12H,8-9,11H2,(H2,21,25). The average Bonchev–Trinajstić information content (AvgIpc) is 2.65. The molecule has 7 nitrogen and oxygen atoms in total. The van der Waals surface area contributed by atoms with E-state index in [2.05, 4.69) is 4.98 Å². The number of amides is 2. The highest BCUT2D eigenvalue weighted by Gasteiger charge is 2.18. The number of aromatic nitrogens is 2. The van der Waals surface area contributed by atoms with Gasteiger partial charge in [0.2, 0.25) is 11.8 Å². The van der Waals surface area contributed by atoms with Crippen molar-refractivity contribution in [1.82, 2.24) is 9.55 Å². The summed E-state index contributed by atoms with van der Waals surface area (Å²) in [6.45, 7) is -0.0955. The molecule has 0 aliphatic rings. The number of anilines is 1. The quantitative estimate of drug-likeness (QED) is 0.702. The molecule has 0 radical (unpaired) electrons. The van der Waals surface area contributed by atoms with Gasteiger partial charge in [-0.1, -0.05) is 29.8 Å². The lowest BCUT2D eigenvalue weighted by Crippen LogP contribution is -2.38. The number of para-hydroxylation sites is 1. The van der Waals surface area contributed by atoms with Gasteiger partial charge in [-0.25, -0.2) is 4.98 Å². The van der Waals surface area contributed by atoms with Crippen LogP contribution in [0.5, 0.6) is 0 Å². The molecule has 0 fully saturated rings. The minimum absolute atomic E-state index is 0.0150. The van der Waals surface area contributed by atoms with E-state index in [0.717, 1.165) is 0 Å². The summed E-state index contributed by atoms with van der Waals surface area (Å²) >= 11 is 5.96. The second kappa shape index (κ2) is 8.01. The van der Waals surface area contributed by atoms with Crippen LogP contribution in [0.4, 0.5) is 5.69 Å². The fourth-order valence-corrected chi connectivity index (χ4v) is 2.87. The van der Waals surface area contributed by atoms with Crippen LogP contribution in [0.1, 0.15) is 6.42 Å². The Morgan fingerprint density at radius 2 is 1.89 bits per heavy atom. The molecular weight excluding hydrogens is 368 g/mol. The molecule has 138 valence electrons. The fraction of sp³-hybridized carbons (Fsp3) is 0.158. The first-order valence-corrected chi connectivity index (χ1v) is 8.62. The smallest absolute Gasteiger partial charge is 0.261 e. The van der Waals surface area contributed by atoms with Gasteiger partial charge in [0.1, 0.15) is 6.54 Å². The number of halogens is 1. The molecule has 0 aliphatic carbocycles. The number of carbonyl (C=O) groups is 2. The summed E-state index contributed by atoms with van der Waals surface area (Å²) in [6, 6.07) is 13.7. The number of benzene rings is 2. The Balaban J connectivity index is 1.91. The van der Waals surface area contributed by atoms with E-state index >= 15 is 0 Å². The first-order valence-electron chi connectivity index (χ1n) is 8.24. The van der Waals surface area contributed by atoms with Crippen LogP contribution in [0, 0.1) is 0 Å². The third-order valence-corrected chi connectivity index (χ3v) is 4.28. The summed E-state index contributed by atoms with van der Waals surface area (Å²) in [5.41, 5.74) is 5.98. The SMILES string of the molecule is NC(=O)CCN(C(=O)Cn1cnc2ccc(Cl)cc2c1=O)c1ccccc1. The van der Waals surface area contributed by atoms with Crippen molar-refractivity contribution < 1.29 is 9.59 Å². The molecule has 0 aliphatic heterocycles. The third kappa shape index (κ3) is 4.32. The molecule has 27 heavy (non-hydrogen) atoms. The van der Waals surface area contributed by atoms with Crippen molar-refractivity contribution in [3.63, 3.8) is 0 Å². The van der Waals surface area contributed by atoms with Gasteiger partial charge in [0.25, 0.3) is 5.56 Å². The summed E-state index contributed by atoms with van der Waals surface area (Å²) in [7, 11) is 0. The second-order valence-corrected chi connectivity index (χ2v) is 6.37. The lowest BCUT2D eigenvalue weighted by atomic mass is 10.2. The largest absolute Gasteiger partial charge is 0.370 e. The number of hydrogen-bond donors (Lipinski definition) is 1. The molecule has 0 spiro atoms. The molecule has 3 aromatic rings. The van der Waals surface area contributed by atoms with Gasteiger partial charge in [-0.2, -0.15) is 0 Å². The molecule has 1 heterocycles. The minimum Gasteiger partial charge on any atom is -0.370 e.